The van der Waals surface area contributed by atoms with Gasteiger partial charge < -0.3 is 5.11 Å². The van der Waals surface area contributed by atoms with E-state index in [1.807, 2.05) is 20.8 Å². The highest BCUT2D eigenvalue weighted by Crippen LogP contribution is 2.34. The summed E-state index contributed by atoms with van der Waals surface area (Å²) < 4.78 is 26.5. The first-order valence-electron chi connectivity index (χ1n) is 5.86. The van der Waals surface area contributed by atoms with E-state index in [1.54, 1.807) is 0 Å². The van der Waals surface area contributed by atoms with Crippen LogP contribution >= 0.6 is 0 Å². The average Bonchev–Trinajstić information content (AvgIpc) is 2.12. The summed E-state index contributed by atoms with van der Waals surface area (Å²) in [5.41, 5.74) is 0.148. The molecule has 0 aromatic heterocycles. The summed E-state index contributed by atoms with van der Waals surface area (Å²) in [6.07, 6.45) is 0.377. The van der Waals surface area contributed by atoms with Crippen LogP contribution in [-0.2, 0) is 4.79 Å². The lowest BCUT2D eigenvalue weighted by Gasteiger charge is -2.25. The van der Waals surface area contributed by atoms with Gasteiger partial charge in [0.25, 0.3) is 0 Å². The van der Waals surface area contributed by atoms with Gasteiger partial charge in [0.1, 0.15) is 11.6 Å². The third-order valence-electron chi connectivity index (χ3n) is 2.68. The molecule has 4 heteroatoms. The van der Waals surface area contributed by atoms with Crippen molar-refractivity contribution < 1.29 is 18.7 Å². The Morgan fingerprint density at radius 3 is 2.39 bits per heavy atom. The quantitative estimate of drug-likeness (QED) is 0.885. The molecule has 2 nitrogen and oxygen atoms in total. The van der Waals surface area contributed by atoms with Crippen LogP contribution in [0, 0.1) is 17.0 Å². The van der Waals surface area contributed by atoms with Crippen LogP contribution in [0.3, 0.4) is 0 Å². The first-order chi connectivity index (χ1) is 8.19. The third kappa shape index (κ3) is 4.43. The van der Waals surface area contributed by atoms with Gasteiger partial charge in [0, 0.05) is 6.07 Å². The van der Waals surface area contributed by atoms with Gasteiger partial charge in [0.2, 0.25) is 0 Å². The lowest BCUT2D eigenvalue weighted by atomic mass is 9.80. The van der Waals surface area contributed by atoms with Crippen LogP contribution in [0.1, 0.15) is 45.1 Å². The molecule has 1 atom stereocenters. The van der Waals surface area contributed by atoms with Crippen LogP contribution < -0.4 is 0 Å². The summed E-state index contributed by atoms with van der Waals surface area (Å²) in [6, 6.07) is 3.30. The molecule has 1 unspecified atom stereocenters. The maximum Gasteiger partial charge on any atom is 0.303 e. The Bertz CT molecular complexity index is 436. The molecule has 0 bridgehead atoms. The Labute approximate surface area is 106 Å². The van der Waals surface area contributed by atoms with Gasteiger partial charge in [0.15, 0.2) is 0 Å². The van der Waals surface area contributed by atoms with E-state index in [0.29, 0.717) is 6.42 Å². The lowest BCUT2D eigenvalue weighted by molar-refractivity contribution is -0.137. The highest BCUT2D eigenvalue weighted by atomic mass is 19.1. The normalized spacial score (nSPS) is 13.4. The maximum absolute atomic E-state index is 13.7. The summed E-state index contributed by atoms with van der Waals surface area (Å²) in [5, 5.41) is 8.89. The van der Waals surface area contributed by atoms with E-state index in [2.05, 4.69) is 0 Å². The molecule has 0 heterocycles. The number of hydrogen-bond donors (Lipinski definition) is 1. The van der Waals surface area contributed by atoms with Crippen LogP contribution in [0.4, 0.5) is 8.78 Å². The fourth-order valence-corrected chi connectivity index (χ4v) is 2.07. The largest absolute Gasteiger partial charge is 0.481 e. The zero-order chi connectivity index (χ0) is 13.9. The number of carbonyl (C=O) groups is 1. The van der Waals surface area contributed by atoms with Crippen molar-refractivity contribution in [3.63, 3.8) is 0 Å². The highest BCUT2D eigenvalue weighted by molar-refractivity contribution is 5.68. The molecule has 18 heavy (non-hydrogen) atoms. The Kier molecular flexibility index (Phi) is 4.43. The molecule has 0 amide bonds. The van der Waals surface area contributed by atoms with Gasteiger partial charge in [-0.1, -0.05) is 26.8 Å². The average molecular weight is 256 g/mol. The molecule has 0 aliphatic heterocycles. The van der Waals surface area contributed by atoms with Crippen LogP contribution in [0.5, 0.6) is 0 Å². The number of benzene rings is 1. The van der Waals surface area contributed by atoms with Crippen molar-refractivity contribution in [2.24, 2.45) is 5.41 Å². The van der Waals surface area contributed by atoms with Crippen molar-refractivity contribution in [2.45, 2.75) is 39.5 Å². The highest BCUT2D eigenvalue weighted by Gasteiger charge is 2.25. The molecule has 0 saturated heterocycles. The molecular weight excluding hydrogens is 238 g/mol. The number of carboxylic acid groups (broad SMARTS) is 1. The lowest BCUT2D eigenvalue weighted by Crippen LogP contribution is -2.16. The molecule has 0 radical (unpaired) electrons. The first kappa shape index (κ1) is 14.6. The maximum atomic E-state index is 13.7. The van der Waals surface area contributed by atoms with Crippen molar-refractivity contribution in [3.05, 3.63) is 35.4 Å². The molecule has 0 saturated carbocycles. The Balaban J connectivity index is 3.05. The SMILES string of the molecule is CC(C)(C)CC(CC(=O)O)c1ccc(F)cc1F. The Hall–Kier alpha value is -1.45. The van der Waals surface area contributed by atoms with E-state index >= 15 is 0 Å². The minimum Gasteiger partial charge on any atom is -0.481 e. The molecule has 1 rings (SSSR count). The second-order valence-electron chi connectivity index (χ2n) is 5.73. The summed E-state index contributed by atoms with van der Waals surface area (Å²) in [5.74, 6) is -2.75. The van der Waals surface area contributed by atoms with E-state index in [9.17, 15) is 13.6 Å². The van der Waals surface area contributed by atoms with Gasteiger partial charge in [-0.3, -0.25) is 4.79 Å². The molecule has 0 aliphatic carbocycles. The summed E-state index contributed by atoms with van der Waals surface area (Å²) in [6.45, 7) is 5.88. The summed E-state index contributed by atoms with van der Waals surface area (Å²) >= 11 is 0. The van der Waals surface area contributed by atoms with E-state index < -0.39 is 23.5 Å². The second-order valence-corrected chi connectivity index (χ2v) is 5.73. The Morgan fingerprint density at radius 2 is 1.94 bits per heavy atom. The smallest absolute Gasteiger partial charge is 0.303 e. The van der Waals surface area contributed by atoms with Crippen LogP contribution in [-0.4, -0.2) is 11.1 Å². The molecule has 1 aromatic rings. The minimum atomic E-state index is -0.979. The predicted octanol–water partition coefficient (Wildman–Crippen LogP) is 3.96. The molecule has 0 fully saturated rings. The van der Waals surface area contributed by atoms with Crippen molar-refractivity contribution in [3.8, 4) is 0 Å². The topological polar surface area (TPSA) is 37.3 Å². The summed E-state index contributed by atoms with van der Waals surface area (Å²) in [7, 11) is 0. The predicted molar refractivity (Wildman–Crippen MR) is 65.4 cm³/mol. The van der Waals surface area contributed by atoms with Crippen molar-refractivity contribution in [1.82, 2.24) is 0 Å². The van der Waals surface area contributed by atoms with Crippen molar-refractivity contribution in [1.29, 1.82) is 0 Å². The molecule has 0 aliphatic rings. The molecule has 0 spiro atoms. The fourth-order valence-electron chi connectivity index (χ4n) is 2.07. The van der Waals surface area contributed by atoms with E-state index in [-0.39, 0.29) is 17.4 Å². The van der Waals surface area contributed by atoms with Gasteiger partial charge in [0.05, 0.1) is 6.42 Å². The molecule has 1 N–H and O–H groups in total. The Morgan fingerprint density at radius 1 is 1.33 bits per heavy atom. The second kappa shape index (κ2) is 5.46. The van der Waals surface area contributed by atoms with Crippen molar-refractivity contribution >= 4 is 5.97 Å². The number of carboxylic acids is 1. The fraction of sp³-hybridized carbons (Fsp3) is 0.500. The summed E-state index contributed by atoms with van der Waals surface area (Å²) in [4.78, 5) is 10.9. The van der Waals surface area contributed by atoms with E-state index in [1.165, 1.54) is 6.07 Å². The molecular formula is C14H18F2O2. The van der Waals surface area contributed by atoms with Crippen molar-refractivity contribution in [2.75, 3.05) is 0 Å². The van der Waals surface area contributed by atoms with E-state index in [0.717, 1.165) is 12.1 Å². The van der Waals surface area contributed by atoms with Gasteiger partial charge in [-0.25, -0.2) is 8.78 Å². The van der Waals surface area contributed by atoms with Crippen LogP contribution in [0.25, 0.3) is 0 Å². The van der Waals surface area contributed by atoms with Gasteiger partial charge >= 0.3 is 5.97 Å². The van der Waals surface area contributed by atoms with Gasteiger partial charge in [-0.2, -0.15) is 0 Å². The first-order valence-corrected chi connectivity index (χ1v) is 5.86. The number of aliphatic carboxylic acids is 1. The number of hydrogen-bond acceptors (Lipinski definition) is 1. The van der Waals surface area contributed by atoms with Gasteiger partial charge in [-0.05, 0) is 29.4 Å². The molecule has 100 valence electrons. The zero-order valence-electron chi connectivity index (χ0n) is 10.8. The monoisotopic (exact) mass is 256 g/mol. The minimum absolute atomic E-state index is 0.124. The third-order valence-corrected chi connectivity index (χ3v) is 2.68. The van der Waals surface area contributed by atoms with Crippen LogP contribution in [0.2, 0.25) is 0 Å². The van der Waals surface area contributed by atoms with E-state index in [4.69, 9.17) is 5.11 Å². The number of halogens is 2. The van der Waals surface area contributed by atoms with Gasteiger partial charge in [-0.15, -0.1) is 0 Å². The number of rotatable bonds is 4. The zero-order valence-corrected chi connectivity index (χ0v) is 10.8. The molecule has 1 aromatic carbocycles. The standard InChI is InChI=1S/C14H18F2O2/c1-14(2,3)8-9(6-13(17)18)11-5-4-10(15)7-12(11)16/h4-5,7,9H,6,8H2,1-3H3,(H,17,18). The van der Waals surface area contributed by atoms with Crippen LogP contribution in [0.15, 0.2) is 18.2 Å².